The minimum Gasteiger partial charge on any atom is -0.369 e. The fourth-order valence-electron chi connectivity index (χ4n) is 3.31. The number of hydrogen-bond donors (Lipinski definition) is 1. The van der Waals surface area contributed by atoms with Crippen LogP contribution in [-0.2, 0) is 6.54 Å². The molecule has 1 N–H and O–H groups in total. The molecular weight excluding hydrogens is 263 g/mol. The lowest BCUT2D eigenvalue weighted by Crippen LogP contribution is -2.34. The van der Waals surface area contributed by atoms with Gasteiger partial charge in [0, 0.05) is 24.8 Å². The van der Waals surface area contributed by atoms with E-state index in [0.717, 1.165) is 25.2 Å². The zero-order valence-corrected chi connectivity index (χ0v) is 13.7. The molecule has 0 bridgehead atoms. The molecule has 0 atom stereocenters. The average molecular weight is 292 g/mol. The maximum atomic E-state index is 13.6. The molecule has 0 unspecified atom stereocenters. The molecule has 2 nitrogen and oxygen atoms in total. The molecule has 0 saturated heterocycles. The maximum absolute atomic E-state index is 13.6. The van der Waals surface area contributed by atoms with Crippen LogP contribution in [0.4, 0.5) is 10.1 Å². The largest absolute Gasteiger partial charge is 0.369 e. The van der Waals surface area contributed by atoms with Gasteiger partial charge in [0.1, 0.15) is 5.82 Å². The van der Waals surface area contributed by atoms with Crippen LogP contribution in [0, 0.1) is 11.7 Å². The Bertz CT molecular complexity index is 439. The van der Waals surface area contributed by atoms with Gasteiger partial charge in [-0.3, -0.25) is 0 Å². The van der Waals surface area contributed by atoms with E-state index in [-0.39, 0.29) is 5.82 Å². The number of rotatable bonds is 7. The maximum Gasteiger partial charge on any atom is 0.123 e. The van der Waals surface area contributed by atoms with Crippen molar-refractivity contribution >= 4 is 5.69 Å². The van der Waals surface area contributed by atoms with Gasteiger partial charge in [-0.2, -0.15) is 0 Å². The van der Waals surface area contributed by atoms with Gasteiger partial charge in [0.2, 0.25) is 0 Å². The molecule has 1 aliphatic rings. The first-order valence-corrected chi connectivity index (χ1v) is 8.37. The molecule has 118 valence electrons. The van der Waals surface area contributed by atoms with Crippen LogP contribution in [-0.4, -0.2) is 19.1 Å². The van der Waals surface area contributed by atoms with E-state index in [2.05, 4.69) is 31.0 Å². The summed E-state index contributed by atoms with van der Waals surface area (Å²) in [5, 5.41) is 3.44. The van der Waals surface area contributed by atoms with Crippen LogP contribution in [0.1, 0.15) is 52.0 Å². The molecule has 1 fully saturated rings. The van der Waals surface area contributed by atoms with Gasteiger partial charge < -0.3 is 10.2 Å². The van der Waals surface area contributed by atoms with E-state index in [1.165, 1.54) is 31.4 Å². The molecule has 0 spiro atoms. The molecule has 1 saturated carbocycles. The van der Waals surface area contributed by atoms with Crippen molar-refractivity contribution in [2.75, 3.05) is 18.0 Å². The molecule has 0 amide bonds. The Labute approximate surface area is 128 Å². The van der Waals surface area contributed by atoms with Crippen molar-refractivity contribution in [1.82, 2.24) is 5.32 Å². The number of nitrogens with zero attached hydrogens (tertiary/aromatic N) is 1. The predicted molar refractivity (Wildman–Crippen MR) is 88.2 cm³/mol. The fraction of sp³-hybridized carbons (Fsp3) is 0.667. The smallest absolute Gasteiger partial charge is 0.123 e. The molecule has 0 aromatic heterocycles. The topological polar surface area (TPSA) is 15.3 Å². The number of halogens is 1. The standard InChI is InChI=1S/C18H29FN2/c1-4-21(17-7-5-6-8-17)18-10-9-16(19)11-15(18)13-20-12-14(2)3/h9-11,14,17,20H,4-8,12-13H2,1-3H3. The van der Waals surface area contributed by atoms with E-state index in [1.54, 1.807) is 12.1 Å². The van der Waals surface area contributed by atoms with E-state index < -0.39 is 0 Å². The molecule has 0 radical (unpaired) electrons. The number of nitrogens with one attached hydrogen (secondary N) is 1. The highest BCUT2D eigenvalue weighted by Crippen LogP contribution is 2.30. The molecule has 1 aromatic rings. The van der Waals surface area contributed by atoms with Crippen LogP contribution in [0.3, 0.4) is 0 Å². The fourth-order valence-corrected chi connectivity index (χ4v) is 3.31. The quantitative estimate of drug-likeness (QED) is 0.804. The second-order valence-electron chi connectivity index (χ2n) is 6.52. The van der Waals surface area contributed by atoms with Crippen molar-refractivity contribution in [3.8, 4) is 0 Å². The SMILES string of the molecule is CCN(c1ccc(F)cc1CNCC(C)C)C1CCCC1. The van der Waals surface area contributed by atoms with Crippen LogP contribution in [0.5, 0.6) is 0 Å². The van der Waals surface area contributed by atoms with Crippen LogP contribution >= 0.6 is 0 Å². The van der Waals surface area contributed by atoms with Crippen LogP contribution in [0.2, 0.25) is 0 Å². The lowest BCUT2D eigenvalue weighted by atomic mass is 10.1. The highest BCUT2D eigenvalue weighted by molar-refractivity contribution is 5.54. The van der Waals surface area contributed by atoms with Gasteiger partial charge in [0.25, 0.3) is 0 Å². The third kappa shape index (κ3) is 4.44. The summed E-state index contributed by atoms with van der Waals surface area (Å²) in [6.07, 6.45) is 5.18. The predicted octanol–water partition coefficient (Wildman–Crippen LogP) is 4.34. The summed E-state index contributed by atoms with van der Waals surface area (Å²) in [6.45, 7) is 9.28. The molecule has 21 heavy (non-hydrogen) atoms. The van der Waals surface area contributed by atoms with Gasteiger partial charge in [-0.25, -0.2) is 4.39 Å². The minimum atomic E-state index is -0.137. The molecule has 3 heteroatoms. The first-order chi connectivity index (χ1) is 10.1. The first kappa shape index (κ1) is 16.3. The highest BCUT2D eigenvalue weighted by Gasteiger charge is 2.23. The molecule has 0 heterocycles. The molecule has 1 aliphatic carbocycles. The van der Waals surface area contributed by atoms with Crippen molar-refractivity contribution in [3.63, 3.8) is 0 Å². The Morgan fingerprint density at radius 3 is 2.62 bits per heavy atom. The van der Waals surface area contributed by atoms with Crippen molar-refractivity contribution in [2.45, 2.75) is 59.0 Å². The zero-order chi connectivity index (χ0) is 15.2. The first-order valence-electron chi connectivity index (χ1n) is 8.37. The zero-order valence-electron chi connectivity index (χ0n) is 13.7. The molecular formula is C18H29FN2. The number of hydrogen-bond acceptors (Lipinski definition) is 2. The third-order valence-corrected chi connectivity index (χ3v) is 4.33. The van der Waals surface area contributed by atoms with Crippen molar-refractivity contribution in [3.05, 3.63) is 29.6 Å². The van der Waals surface area contributed by atoms with E-state index in [0.29, 0.717) is 12.0 Å². The van der Waals surface area contributed by atoms with E-state index in [9.17, 15) is 4.39 Å². The van der Waals surface area contributed by atoms with Gasteiger partial charge in [-0.1, -0.05) is 26.7 Å². The molecule has 2 rings (SSSR count). The number of benzene rings is 1. The molecule has 1 aromatic carbocycles. The normalized spacial score (nSPS) is 15.9. The Morgan fingerprint density at radius 1 is 1.29 bits per heavy atom. The van der Waals surface area contributed by atoms with E-state index >= 15 is 0 Å². The Hall–Kier alpha value is -1.09. The molecule has 0 aliphatic heterocycles. The summed E-state index contributed by atoms with van der Waals surface area (Å²) < 4.78 is 13.6. The second kappa shape index (κ2) is 7.79. The monoisotopic (exact) mass is 292 g/mol. The van der Waals surface area contributed by atoms with Gasteiger partial charge in [0.15, 0.2) is 0 Å². The summed E-state index contributed by atoms with van der Waals surface area (Å²) in [4.78, 5) is 2.47. The lowest BCUT2D eigenvalue weighted by Gasteiger charge is -2.32. The second-order valence-corrected chi connectivity index (χ2v) is 6.52. The Morgan fingerprint density at radius 2 is 2.00 bits per heavy atom. The highest BCUT2D eigenvalue weighted by atomic mass is 19.1. The van der Waals surface area contributed by atoms with Crippen LogP contribution in [0.25, 0.3) is 0 Å². The summed E-state index contributed by atoms with van der Waals surface area (Å²) in [6, 6.07) is 5.88. The van der Waals surface area contributed by atoms with Gasteiger partial charge in [0.05, 0.1) is 0 Å². The Balaban J connectivity index is 2.15. The minimum absolute atomic E-state index is 0.137. The van der Waals surface area contributed by atoms with Crippen molar-refractivity contribution in [1.29, 1.82) is 0 Å². The van der Waals surface area contributed by atoms with Gasteiger partial charge in [-0.15, -0.1) is 0 Å². The summed E-state index contributed by atoms with van der Waals surface area (Å²) in [5.41, 5.74) is 2.30. The van der Waals surface area contributed by atoms with Crippen molar-refractivity contribution < 1.29 is 4.39 Å². The van der Waals surface area contributed by atoms with Crippen LogP contribution in [0.15, 0.2) is 18.2 Å². The number of anilines is 1. The average Bonchev–Trinajstić information content (AvgIpc) is 2.95. The summed E-state index contributed by atoms with van der Waals surface area (Å²) in [7, 11) is 0. The Kier molecular flexibility index (Phi) is 6.04. The van der Waals surface area contributed by atoms with Crippen LogP contribution < -0.4 is 10.2 Å². The van der Waals surface area contributed by atoms with E-state index in [1.807, 2.05) is 6.07 Å². The summed E-state index contributed by atoms with van der Waals surface area (Å²) in [5.74, 6) is 0.474. The lowest BCUT2D eigenvalue weighted by molar-refractivity contribution is 0.547. The third-order valence-electron chi connectivity index (χ3n) is 4.33. The van der Waals surface area contributed by atoms with Crippen molar-refractivity contribution in [2.24, 2.45) is 5.92 Å². The summed E-state index contributed by atoms with van der Waals surface area (Å²) >= 11 is 0. The van der Waals surface area contributed by atoms with Gasteiger partial charge >= 0.3 is 0 Å². The van der Waals surface area contributed by atoms with Gasteiger partial charge in [-0.05, 0) is 56.0 Å². The van der Waals surface area contributed by atoms with E-state index in [4.69, 9.17) is 0 Å².